The van der Waals surface area contributed by atoms with Crippen molar-refractivity contribution in [3.05, 3.63) is 0 Å². The molecule has 8 unspecified atom stereocenters. The first kappa shape index (κ1) is 42.3. The molecule has 312 valence electrons. The van der Waals surface area contributed by atoms with Gasteiger partial charge in [0.05, 0.1) is 49.3 Å². The van der Waals surface area contributed by atoms with Crippen LogP contribution in [0.4, 0.5) is 0 Å². The van der Waals surface area contributed by atoms with Gasteiger partial charge in [-0.25, -0.2) is 9.59 Å². The third kappa shape index (κ3) is 9.42. The van der Waals surface area contributed by atoms with E-state index in [4.69, 9.17) is 69.6 Å². The SMILES string of the molecule is C1CCC2C3NC(NC4NC(NC5NC(NC6NC(N3)C3CCCCC63)C3CCCCC53)C3CCCCC43)C2C1.O=C(O[SiH2]OC(=O)C(Cl)(Cl)Cl)C(Cl)(Cl)Cl. The number of carbonyl (C=O) groups is 2. The molecular weight excluding hydrogens is 849 g/mol. The van der Waals surface area contributed by atoms with Crippen LogP contribution >= 0.6 is 69.6 Å². The molecule has 0 amide bonds. The van der Waals surface area contributed by atoms with Gasteiger partial charge in [-0.05, 0) is 98.7 Å². The van der Waals surface area contributed by atoms with Crippen molar-refractivity contribution in [1.82, 2.24) is 42.5 Å². The second-order valence-corrected chi connectivity index (χ2v) is 23.0. The number of nitrogens with one attached hydrogen (secondary N) is 8. The fraction of sp³-hybridized carbons (Fsp3) is 0.944. The van der Waals surface area contributed by atoms with Crippen LogP contribution in [0.25, 0.3) is 0 Å². The highest BCUT2D eigenvalue weighted by Crippen LogP contribution is 2.45. The van der Waals surface area contributed by atoms with Gasteiger partial charge in [-0.2, -0.15) is 0 Å². The van der Waals surface area contributed by atoms with E-state index in [1.165, 1.54) is 103 Å². The molecule has 0 radical (unpaired) electrons. The molecule has 55 heavy (non-hydrogen) atoms. The highest BCUT2D eigenvalue weighted by Gasteiger charge is 2.54. The summed E-state index contributed by atoms with van der Waals surface area (Å²) in [6.45, 7) is 0. The van der Waals surface area contributed by atoms with E-state index in [1.54, 1.807) is 0 Å². The van der Waals surface area contributed by atoms with E-state index in [0.717, 1.165) is 47.3 Å². The number of carbonyl (C=O) groups excluding carboxylic acids is 2. The molecule has 0 aromatic carbocycles. The van der Waals surface area contributed by atoms with Gasteiger partial charge in [0.1, 0.15) is 0 Å². The lowest BCUT2D eigenvalue weighted by atomic mass is 9.76. The predicted molar refractivity (Wildman–Crippen MR) is 218 cm³/mol. The molecule has 5 heterocycles. The maximum absolute atomic E-state index is 10.8. The highest BCUT2D eigenvalue weighted by molar-refractivity contribution is 6.77. The topological polar surface area (TPSA) is 149 Å². The van der Waals surface area contributed by atoms with Crippen LogP contribution in [-0.4, -0.2) is 78.9 Å². The summed E-state index contributed by atoms with van der Waals surface area (Å²) in [6.07, 6.45) is 25.6. The first-order valence-corrected chi connectivity index (χ1v) is 24.3. The number of alkyl halides is 6. The number of fused-ring (bicyclic) bond motifs is 20. The largest absolute Gasteiger partial charge is 0.486 e. The zero-order valence-electron chi connectivity index (χ0n) is 31.2. The predicted octanol–water partition coefficient (Wildman–Crippen LogP) is 4.42. The van der Waals surface area contributed by atoms with Crippen LogP contribution in [0.1, 0.15) is 103 Å². The van der Waals surface area contributed by atoms with Crippen molar-refractivity contribution in [2.24, 2.45) is 47.3 Å². The Hall–Kier alpha value is 0.577. The van der Waals surface area contributed by atoms with Gasteiger partial charge in [-0.15, -0.1) is 0 Å². The summed E-state index contributed by atoms with van der Waals surface area (Å²) in [5.74, 6) is 3.66. The summed E-state index contributed by atoms with van der Waals surface area (Å²) < 4.78 is 4.27. The molecule has 4 saturated carbocycles. The molecule has 0 aromatic heterocycles. The number of rotatable bonds is 2. The maximum Gasteiger partial charge on any atom is 0.432 e. The van der Waals surface area contributed by atoms with Gasteiger partial charge in [-0.3, -0.25) is 42.5 Å². The third-order valence-electron chi connectivity index (χ3n) is 14.6. The van der Waals surface area contributed by atoms with Crippen LogP contribution < -0.4 is 42.5 Å². The molecule has 8 N–H and O–H groups in total. The minimum atomic E-state index is -2.22. The van der Waals surface area contributed by atoms with Crippen molar-refractivity contribution >= 4 is 91.6 Å². The van der Waals surface area contributed by atoms with Crippen LogP contribution in [0, 0.1) is 47.3 Å². The maximum atomic E-state index is 10.8. The Morgan fingerprint density at radius 2 is 0.527 bits per heavy atom. The lowest BCUT2D eigenvalue weighted by Crippen LogP contribution is -2.61. The summed E-state index contributed by atoms with van der Waals surface area (Å²) in [5.41, 5.74) is 0. The molecule has 8 bridgehead atoms. The van der Waals surface area contributed by atoms with E-state index in [9.17, 15) is 9.59 Å². The smallest absolute Gasteiger partial charge is 0.432 e. The summed E-state index contributed by atoms with van der Waals surface area (Å²) >= 11 is 30.9. The standard InChI is InChI=1S/C32H56N8.C4H2Cl6O4Si/c1-2-10-18-17(9-1)25-33-26(18)38-28-21-13-5-6-14-22(21)30(35-28)40-32-24-16-8-7-15-23(24)31(36-32)39-29-20-12-4-3-11-19(20)27(34-29)37-25;5-3(6,7)1(11)13-15-14-2(12)4(8,9)10/h17-40H,1-16H2;15H2. The molecule has 12 nitrogen and oxygen atoms in total. The molecule has 0 aromatic rings. The van der Waals surface area contributed by atoms with Crippen LogP contribution in [-0.2, 0) is 18.4 Å². The third-order valence-corrected chi connectivity index (χ3v) is 16.3. The first-order valence-electron chi connectivity index (χ1n) is 20.9. The van der Waals surface area contributed by atoms with Crippen molar-refractivity contribution in [3.8, 4) is 0 Å². The van der Waals surface area contributed by atoms with Crippen molar-refractivity contribution in [1.29, 1.82) is 0 Å². The van der Waals surface area contributed by atoms with Crippen molar-refractivity contribution in [3.63, 3.8) is 0 Å². The zero-order valence-corrected chi connectivity index (χ0v) is 37.1. The molecule has 4 aliphatic carbocycles. The molecule has 5 saturated heterocycles. The number of halogens is 6. The van der Waals surface area contributed by atoms with Crippen LogP contribution in [0.15, 0.2) is 0 Å². The van der Waals surface area contributed by atoms with Gasteiger partial charge in [-0.1, -0.05) is 121 Å². The van der Waals surface area contributed by atoms with Crippen LogP contribution in [0.2, 0.25) is 0 Å². The molecule has 9 fully saturated rings. The van der Waals surface area contributed by atoms with Crippen molar-refractivity contribution < 1.29 is 18.4 Å². The Morgan fingerprint density at radius 3 is 0.673 bits per heavy atom. The Kier molecular flexibility index (Phi) is 13.8. The zero-order chi connectivity index (χ0) is 38.5. The van der Waals surface area contributed by atoms with Crippen molar-refractivity contribution in [2.45, 2.75) is 160 Å². The Morgan fingerprint density at radius 1 is 0.364 bits per heavy atom. The van der Waals surface area contributed by atoms with Gasteiger partial charge in [0.25, 0.3) is 7.59 Å². The van der Waals surface area contributed by atoms with Gasteiger partial charge in [0, 0.05) is 0 Å². The van der Waals surface area contributed by atoms with E-state index in [-0.39, 0.29) is 0 Å². The Bertz CT molecular complexity index is 1140. The molecular formula is C36H58Cl6N8O4Si. The average molecular weight is 908 g/mol. The van der Waals surface area contributed by atoms with Gasteiger partial charge in [0.2, 0.25) is 0 Å². The van der Waals surface area contributed by atoms with Crippen molar-refractivity contribution in [2.75, 3.05) is 0 Å². The number of hydrogen-bond acceptors (Lipinski definition) is 12. The van der Waals surface area contributed by atoms with E-state index >= 15 is 0 Å². The summed E-state index contributed by atoms with van der Waals surface area (Å²) in [4.78, 5) is 21.6. The molecule has 8 atom stereocenters. The Labute approximate surface area is 357 Å². The minimum absolute atomic E-state index is 0.420. The van der Waals surface area contributed by atoms with Crippen LogP contribution in [0.3, 0.4) is 0 Å². The van der Waals surface area contributed by atoms with Gasteiger partial charge >= 0.3 is 21.9 Å². The Balaban J connectivity index is 0.000000245. The summed E-state index contributed by atoms with van der Waals surface area (Å²) in [7, 11) is -2.05. The van der Waals surface area contributed by atoms with Crippen LogP contribution in [0.5, 0.6) is 0 Å². The van der Waals surface area contributed by atoms with Gasteiger partial charge < -0.3 is 8.85 Å². The molecule has 0 spiro atoms. The van der Waals surface area contributed by atoms with E-state index in [0.29, 0.717) is 49.3 Å². The lowest BCUT2D eigenvalue weighted by molar-refractivity contribution is -0.138. The number of hydrogen-bond donors (Lipinski definition) is 8. The highest BCUT2D eigenvalue weighted by atomic mass is 35.6. The average Bonchev–Trinajstić information content (AvgIpc) is 3.90. The molecule has 9 aliphatic rings. The van der Waals surface area contributed by atoms with E-state index < -0.39 is 29.5 Å². The molecule has 5 aliphatic heterocycles. The summed E-state index contributed by atoms with van der Waals surface area (Å²) in [5, 5.41) is 33.8. The fourth-order valence-electron chi connectivity index (χ4n) is 12.3. The monoisotopic (exact) mass is 904 g/mol. The lowest BCUT2D eigenvalue weighted by Gasteiger charge is -2.35. The normalized spacial score (nSPS) is 45.2. The second kappa shape index (κ2) is 17.9. The van der Waals surface area contributed by atoms with E-state index in [1.807, 2.05) is 0 Å². The summed E-state index contributed by atoms with van der Waals surface area (Å²) in [6, 6.07) is 0. The molecule has 9 rings (SSSR count). The minimum Gasteiger partial charge on any atom is -0.486 e. The van der Waals surface area contributed by atoms with Gasteiger partial charge in [0.15, 0.2) is 0 Å². The quantitative estimate of drug-likeness (QED) is 0.147. The fourth-order valence-corrected chi connectivity index (χ4v) is 13.9. The molecule has 19 heteroatoms. The second-order valence-electron chi connectivity index (χ2n) is 17.6. The first-order chi connectivity index (χ1) is 26.3. The van der Waals surface area contributed by atoms with E-state index in [2.05, 4.69) is 51.4 Å².